The summed E-state index contributed by atoms with van der Waals surface area (Å²) in [5, 5.41) is 0.396. The predicted octanol–water partition coefficient (Wildman–Crippen LogP) is 2.68. The third-order valence-electron chi connectivity index (χ3n) is 5.88. The highest BCUT2D eigenvalue weighted by Gasteiger charge is 2.16. The van der Waals surface area contributed by atoms with E-state index in [2.05, 4.69) is 21.8 Å². The number of fused-ring (bicyclic) bond motifs is 1. The molecule has 0 aliphatic carbocycles. The van der Waals surface area contributed by atoms with Gasteiger partial charge >= 0.3 is 5.97 Å². The highest BCUT2D eigenvalue weighted by molar-refractivity contribution is 5.94. The van der Waals surface area contributed by atoms with Crippen LogP contribution in [0.4, 0.5) is 11.8 Å². The maximum atomic E-state index is 12.9. The molecule has 2 aromatic carbocycles. The van der Waals surface area contributed by atoms with Crippen LogP contribution in [-0.4, -0.2) is 41.3 Å². The first kappa shape index (κ1) is 26.0. The summed E-state index contributed by atoms with van der Waals surface area (Å²) in [5.41, 5.74) is 14.7. The molecule has 0 aliphatic rings. The van der Waals surface area contributed by atoms with Gasteiger partial charge in [-0.05, 0) is 42.8 Å². The lowest BCUT2D eigenvalue weighted by molar-refractivity contribution is 0.0524. The van der Waals surface area contributed by atoms with E-state index in [1.165, 1.54) is 6.20 Å². The minimum Gasteiger partial charge on any atom is -0.493 e. The molecule has 2 heterocycles. The molecule has 38 heavy (non-hydrogen) atoms. The van der Waals surface area contributed by atoms with Gasteiger partial charge in [0.15, 0.2) is 11.5 Å². The fourth-order valence-corrected chi connectivity index (χ4v) is 4.06. The van der Waals surface area contributed by atoms with Gasteiger partial charge in [0.1, 0.15) is 11.4 Å². The molecule has 10 nitrogen and oxygen atoms in total. The summed E-state index contributed by atoms with van der Waals surface area (Å²) in [6.45, 7) is 1.88. The van der Waals surface area contributed by atoms with E-state index in [1.54, 1.807) is 57.2 Å². The molecule has 0 fully saturated rings. The first-order valence-electron chi connectivity index (χ1n) is 11.7. The highest BCUT2D eigenvalue weighted by Crippen LogP contribution is 2.33. The average molecular weight is 514 g/mol. The van der Waals surface area contributed by atoms with Crippen molar-refractivity contribution >= 4 is 28.6 Å². The molecule has 0 bridgehead atoms. The topological polar surface area (TPSA) is 145 Å². The van der Waals surface area contributed by atoms with Gasteiger partial charge in [0.05, 0.1) is 31.9 Å². The van der Waals surface area contributed by atoms with Crippen molar-refractivity contribution in [2.45, 2.75) is 13.3 Å². The van der Waals surface area contributed by atoms with Crippen LogP contribution in [0.5, 0.6) is 11.5 Å². The third-order valence-corrected chi connectivity index (χ3v) is 5.88. The molecule has 0 radical (unpaired) electrons. The van der Waals surface area contributed by atoms with Gasteiger partial charge in [-0.25, -0.2) is 9.78 Å². The Bertz CT molecular complexity index is 1670. The molecule has 0 unspecified atom stereocenters. The van der Waals surface area contributed by atoms with Crippen LogP contribution in [-0.2, 0) is 18.2 Å². The van der Waals surface area contributed by atoms with Gasteiger partial charge in [-0.15, -0.1) is 0 Å². The molecule has 4 N–H and O–H groups in total. The maximum absolute atomic E-state index is 12.9. The van der Waals surface area contributed by atoms with Crippen molar-refractivity contribution in [1.82, 2.24) is 14.5 Å². The summed E-state index contributed by atoms with van der Waals surface area (Å²) in [4.78, 5) is 33.1. The van der Waals surface area contributed by atoms with E-state index in [-0.39, 0.29) is 23.5 Å². The third kappa shape index (κ3) is 5.22. The predicted molar refractivity (Wildman–Crippen MR) is 144 cm³/mol. The summed E-state index contributed by atoms with van der Waals surface area (Å²) < 4.78 is 17.8. The molecule has 2 aromatic heterocycles. The summed E-state index contributed by atoms with van der Waals surface area (Å²) >= 11 is 0. The zero-order valence-corrected chi connectivity index (χ0v) is 21.5. The SMILES string of the molecule is CCOC(=O)c1cn(C)c2cc(C#Cc3cc(Cc4cnc(N)nc4N)cc(OC)c3OC)ccc2c1=O. The Labute approximate surface area is 219 Å². The van der Waals surface area contributed by atoms with Gasteiger partial charge in [-0.2, -0.15) is 4.98 Å². The molecule has 4 aromatic rings. The fourth-order valence-electron chi connectivity index (χ4n) is 4.06. The minimum absolute atomic E-state index is 0.0125. The molecule has 0 saturated carbocycles. The number of benzene rings is 2. The van der Waals surface area contributed by atoms with Gasteiger partial charge < -0.3 is 30.2 Å². The van der Waals surface area contributed by atoms with E-state index in [4.69, 9.17) is 25.7 Å². The Balaban J connectivity index is 1.75. The molecular formula is C28H27N5O5. The second-order valence-electron chi connectivity index (χ2n) is 8.38. The monoisotopic (exact) mass is 513 g/mol. The van der Waals surface area contributed by atoms with Crippen molar-refractivity contribution in [2.24, 2.45) is 7.05 Å². The number of esters is 1. The van der Waals surface area contributed by atoms with Crippen molar-refractivity contribution in [3.63, 3.8) is 0 Å². The van der Waals surface area contributed by atoms with Crippen molar-refractivity contribution in [3.8, 4) is 23.3 Å². The Kier molecular flexibility index (Phi) is 7.48. The van der Waals surface area contributed by atoms with E-state index in [0.29, 0.717) is 51.3 Å². The number of methoxy groups -OCH3 is 2. The van der Waals surface area contributed by atoms with Crippen molar-refractivity contribution in [3.05, 3.63) is 80.8 Å². The maximum Gasteiger partial charge on any atom is 0.343 e. The summed E-state index contributed by atoms with van der Waals surface area (Å²) in [7, 11) is 4.85. The van der Waals surface area contributed by atoms with E-state index < -0.39 is 5.97 Å². The quantitative estimate of drug-likeness (QED) is 0.294. The number of ether oxygens (including phenoxy) is 3. The van der Waals surface area contributed by atoms with E-state index in [0.717, 1.165) is 5.56 Å². The number of carbonyl (C=O) groups is 1. The lowest BCUT2D eigenvalue weighted by Crippen LogP contribution is -2.20. The Hall–Kier alpha value is -5.04. The highest BCUT2D eigenvalue weighted by atomic mass is 16.5. The smallest absolute Gasteiger partial charge is 0.343 e. The fraction of sp³-hybridized carbons (Fsp3) is 0.214. The number of nitrogens with zero attached hydrogens (tertiary/aromatic N) is 3. The number of hydrogen-bond acceptors (Lipinski definition) is 9. The Morgan fingerprint density at radius 3 is 2.58 bits per heavy atom. The summed E-state index contributed by atoms with van der Waals surface area (Å²) in [6, 6.07) is 8.89. The van der Waals surface area contributed by atoms with Gasteiger partial charge in [0, 0.05) is 42.4 Å². The number of hydrogen-bond donors (Lipinski definition) is 2. The number of aromatic nitrogens is 3. The molecule has 10 heteroatoms. The number of pyridine rings is 1. The molecule has 0 spiro atoms. The second-order valence-corrected chi connectivity index (χ2v) is 8.38. The van der Waals surface area contributed by atoms with Crippen LogP contribution in [0, 0.1) is 11.8 Å². The van der Waals surface area contributed by atoms with Crippen molar-refractivity contribution in [1.29, 1.82) is 0 Å². The zero-order valence-electron chi connectivity index (χ0n) is 21.5. The number of carbonyl (C=O) groups excluding carboxylic acids is 1. The van der Waals surface area contributed by atoms with Crippen LogP contribution in [0.1, 0.15) is 39.5 Å². The second kappa shape index (κ2) is 10.9. The van der Waals surface area contributed by atoms with Crippen molar-refractivity contribution in [2.75, 3.05) is 32.3 Å². The summed E-state index contributed by atoms with van der Waals surface area (Å²) in [6.07, 6.45) is 3.50. The van der Waals surface area contributed by atoms with Crippen LogP contribution < -0.4 is 26.4 Å². The van der Waals surface area contributed by atoms with Gasteiger partial charge in [-0.1, -0.05) is 11.8 Å². The van der Waals surface area contributed by atoms with Crippen LogP contribution in [0.25, 0.3) is 10.9 Å². The van der Waals surface area contributed by atoms with Crippen LogP contribution >= 0.6 is 0 Å². The van der Waals surface area contributed by atoms with E-state index >= 15 is 0 Å². The van der Waals surface area contributed by atoms with Crippen LogP contribution in [0.3, 0.4) is 0 Å². The zero-order chi connectivity index (χ0) is 27.4. The minimum atomic E-state index is -0.646. The lowest BCUT2D eigenvalue weighted by atomic mass is 10.0. The van der Waals surface area contributed by atoms with E-state index in [1.807, 2.05) is 12.1 Å². The van der Waals surface area contributed by atoms with Crippen molar-refractivity contribution < 1.29 is 19.0 Å². The molecule has 194 valence electrons. The number of anilines is 2. The van der Waals surface area contributed by atoms with Gasteiger partial charge in [0.2, 0.25) is 11.4 Å². The van der Waals surface area contributed by atoms with Crippen LogP contribution in [0.15, 0.2) is 47.5 Å². The number of nitrogen functional groups attached to an aromatic ring is 2. The average Bonchev–Trinajstić information content (AvgIpc) is 2.90. The van der Waals surface area contributed by atoms with Gasteiger partial charge in [-0.3, -0.25) is 4.79 Å². The molecule has 4 rings (SSSR count). The van der Waals surface area contributed by atoms with Crippen LogP contribution in [0.2, 0.25) is 0 Å². The van der Waals surface area contributed by atoms with Gasteiger partial charge in [0.25, 0.3) is 0 Å². The first-order valence-corrected chi connectivity index (χ1v) is 11.7. The largest absolute Gasteiger partial charge is 0.493 e. The summed E-state index contributed by atoms with van der Waals surface area (Å²) in [5.74, 6) is 7.04. The Morgan fingerprint density at radius 1 is 1.11 bits per heavy atom. The standard InChI is InChI=1S/C28H27N5O5/c1-5-38-27(35)21-15-33(2)22-12-16(7-9-20(22)24(21)34)6-8-18-10-17(13-23(36-3)25(18)37-4)11-19-14-31-28(30)32-26(19)29/h7,9-10,12-15H,5,11H2,1-4H3,(H4,29,30,31,32). The number of nitrogens with two attached hydrogens (primary N) is 2. The molecule has 0 saturated heterocycles. The molecular weight excluding hydrogens is 486 g/mol. The molecule has 0 amide bonds. The number of rotatable bonds is 6. The molecule has 0 atom stereocenters. The number of aryl methyl sites for hydroxylation is 1. The molecule has 0 aliphatic heterocycles. The van der Waals surface area contributed by atoms with E-state index in [9.17, 15) is 9.59 Å². The lowest BCUT2D eigenvalue weighted by Gasteiger charge is -2.13. The Morgan fingerprint density at radius 2 is 1.89 bits per heavy atom. The first-order chi connectivity index (χ1) is 18.2. The normalized spacial score (nSPS) is 10.5.